The fraction of sp³-hybridized carbons (Fsp3) is 0.800. The normalized spacial score (nSPS) is 25.6. The lowest BCUT2D eigenvalue weighted by molar-refractivity contribution is -0.146. The Bertz CT molecular complexity index is 311. The minimum Gasteiger partial charge on any atom is -0.479 e. The van der Waals surface area contributed by atoms with E-state index in [4.69, 9.17) is 20.1 Å². The van der Waals surface area contributed by atoms with Crippen molar-refractivity contribution >= 4 is 12.0 Å². The van der Waals surface area contributed by atoms with Gasteiger partial charge in [0.2, 0.25) is 0 Å². The number of ether oxygens (including phenoxy) is 1. The van der Waals surface area contributed by atoms with Crippen molar-refractivity contribution < 1.29 is 29.6 Å². The summed E-state index contributed by atoms with van der Waals surface area (Å²) in [5.41, 5.74) is 0. The molecule has 3 atom stereocenters. The van der Waals surface area contributed by atoms with Gasteiger partial charge < -0.3 is 30.3 Å². The van der Waals surface area contributed by atoms with Crippen LogP contribution in [0.25, 0.3) is 0 Å². The lowest BCUT2D eigenvalue weighted by Gasteiger charge is -2.36. The average molecular weight is 262 g/mol. The molecular weight excluding hydrogens is 244 g/mol. The van der Waals surface area contributed by atoms with Crippen molar-refractivity contribution in [2.24, 2.45) is 0 Å². The molecule has 0 aliphatic carbocycles. The fourth-order valence-corrected chi connectivity index (χ4v) is 1.69. The van der Waals surface area contributed by atoms with E-state index < -0.39 is 24.2 Å². The van der Waals surface area contributed by atoms with Crippen LogP contribution in [0.2, 0.25) is 0 Å². The minimum atomic E-state index is -1.62. The highest BCUT2D eigenvalue weighted by Crippen LogP contribution is 2.10. The van der Waals surface area contributed by atoms with E-state index in [2.05, 4.69) is 5.32 Å². The number of hydrogen-bond acceptors (Lipinski definition) is 5. The van der Waals surface area contributed by atoms with Gasteiger partial charge in [0.15, 0.2) is 6.10 Å². The molecule has 1 heterocycles. The van der Waals surface area contributed by atoms with Crippen LogP contribution in [-0.2, 0) is 9.53 Å². The number of carboxylic acid groups (broad SMARTS) is 1. The quantitative estimate of drug-likeness (QED) is 0.475. The van der Waals surface area contributed by atoms with Crippen molar-refractivity contribution in [3.8, 4) is 0 Å². The molecular formula is C10H18N2O6. The molecule has 0 radical (unpaired) electrons. The molecule has 2 amide bonds. The van der Waals surface area contributed by atoms with Gasteiger partial charge in [-0.15, -0.1) is 0 Å². The van der Waals surface area contributed by atoms with Crippen molar-refractivity contribution in [3.63, 3.8) is 0 Å². The van der Waals surface area contributed by atoms with Gasteiger partial charge in [0.05, 0.1) is 31.9 Å². The molecule has 0 spiro atoms. The summed E-state index contributed by atoms with van der Waals surface area (Å²) >= 11 is 0. The van der Waals surface area contributed by atoms with Gasteiger partial charge in [0.25, 0.3) is 0 Å². The molecule has 0 aromatic heterocycles. The van der Waals surface area contributed by atoms with E-state index in [1.165, 1.54) is 4.90 Å². The molecule has 1 fully saturated rings. The Morgan fingerprint density at radius 3 is 2.72 bits per heavy atom. The molecule has 3 unspecified atom stereocenters. The number of nitrogens with one attached hydrogen (secondary N) is 1. The van der Waals surface area contributed by atoms with E-state index in [1.807, 2.05) is 0 Å². The van der Waals surface area contributed by atoms with Gasteiger partial charge in [0, 0.05) is 6.54 Å². The maximum atomic E-state index is 11.7. The summed E-state index contributed by atoms with van der Waals surface area (Å²) < 4.78 is 5.36. The second-order valence-electron chi connectivity index (χ2n) is 4.20. The Labute approximate surface area is 104 Å². The van der Waals surface area contributed by atoms with E-state index in [0.717, 1.165) is 0 Å². The van der Waals surface area contributed by atoms with E-state index >= 15 is 0 Å². The highest BCUT2D eigenvalue weighted by atomic mass is 16.5. The highest BCUT2D eigenvalue weighted by Gasteiger charge is 2.28. The first-order valence-electron chi connectivity index (χ1n) is 5.64. The van der Waals surface area contributed by atoms with Crippen molar-refractivity contribution in [3.05, 3.63) is 0 Å². The Kier molecular flexibility index (Phi) is 5.32. The van der Waals surface area contributed by atoms with Crippen LogP contribution >= 0.6 is 0 Å². The Morgan fingerprint density at radius 1 is 1.50 bits per heavy atom. The molecule has 4 N–H and O–H groups in total. The minimum absolute atomic E-state index is 0.189. The maximum absolute atomic E-state index is 11.7. The number of hydrogen-bond donors (Lipinski definition) is 4. The number of aliphatic hydroxyl groups is 2. The molecule has 8 nitrogen and oxygen atoms in total. The summed E-state index contributed by atoms with van der Waals surface area (Å²) in [5, 5.41) is 28.8. The van der Waals surface area contributed by atoms with Crippen molar-refractivity contribution in [2.45, 2.75) is 25.2 Å². The molecule has 8 heteroatoms. The second kappa shape index (κ2) is 6.53. The smallest absolute Gasteiger partial charge is 0.334 e. The molecule has 104 valence electrons. The van der Waals surface area contributed by atoms with Crippen molar-refractivity contribution in [1.29, 1.82) is 0 Å². The van der Waals surface area contributed by atoms with Gasteiger partial charge in [-0.25, -0.2) is 9.59 Å². The van der Waals surface area contributed by atoms with Gasteiger partial charge in [-0.2, -0.15) is 0 Å². The van der Waals surface area contributed by atoms with E-state index in [-0.39, 0.29) is 25.8 Å². The lowest BCUT2D eigenvalue weighted by atomic mass is 10.2. The highest BCUT2D eigenvalue weighted by molar-refractivity contribution is 5.76. The predicted octanol–water partition coefficient (Wildman–Crippen LogP) is -1.78. The Hall–Kier alpha value is -1.38. The predicted molar refractivity (Wildman–Crippen MR) is 60.0 cm³/mol. The zero-order chi connectivity index (χ0) is 13.7. The number of amides is 2. The Balaban J connectivity index is 2.43. The molecule has 1 aliphatic rings. The zero-order valence-electron chi connectivity index (χ0n) is 10.1. The topological polar surface area (TPSA) is 119 Å². The summed E-state index contributed by atoms with van der Waals surface area (Å²) in [5.74, 6) is -1.39. The average Bonchev–Trinajstić information content (AvgIpc) is 2.34. The largest absolute Gasteiger partial charge is 0.479 e. The molecule has 0 bridgehead atoms. The van der Waals surface area contributed by atoms with Crippen LogP contribution < -0.4 is 5.32 Å². The summed E-state index contributed by atoms with van der Waals surface area (Å²) in [6, 6.07) is -0.482. The molecule has 0 aromatic carbocycles. The van der Waals surface area contributed by atoms with Crippen LogP contribution in [0, 0.1) is 0 Å². The van der Waals surface area contributed by atoms with Gasteiger partial charge >= 0.3 is 12.0 Å². The summed E-state index contributed by atoms with van der Waals surface area (Å²) in [6.45, 7) is 1.81. The number of carbonyl (C=O) groups is 2. The van der Waals surface area contributed by atoms with Crippen molar-refractivity contribution in [2.75, 3.05) is 26.2 Å². The standard InChI is InChI=1S/C10H18N2O6/c1-6-3-12(4-7(5-13)18-6)10(17)11-2-8(14)9(15)16/h6-8,13-14H,2-5H2,1H3,(H,11,17)(H,15,16). The molecule has 0 aromatic rings. The van der Waals surface area contributed by atoms with Crippen LogP contribution in [0.1, 0.15) is 6.92 Å². The van der Waals surface area contributed by atoms with E-state index in [9.17, 15) is 9.59 Å². The van der Waals surface area contributed by atoms with Crippen LogP contribution in [0.5, 0.6) is 0 Å². The lowest BCUT2D eigenvalue weighted by Crippen LogP contribution is -2.54. The summed E-state index contributed by atoms with van der Waals surface area (Å²) in [7, 11) is 0. The first-order valence-corrected chi connectivity index (χ1v) is 5.64. The summed E-state index contributed by atoms with van der Waals surface area (Å²) in [6.07, 6.45) is -2.27. The molecule has 1 saturated heterocycles. The van der Waals surface area contributed by atoms with Crippen LogP contribution in [0.15, 0.2) is 0 Å². The Morgan fingerprint density at radius 2 is 2.17 bits per heavy atom. The molecule has 18 heavy (non-hydrogen) atoms. The van der Waals surface area contributed by atoms with E-state index in [0.29, 0.717) is 6.54 Å². The number of rotatable bonds is 4. The van der Waals surface area contributed by atoms with Gasteiger partial charge in [-0.1, -0.05) is 0 Å². The number of nitrogens with zero attached hydrogens (tertiary/aromatic N) is 1. The second-order valence-corrected chi connectivity index (χ2v) is 4.20. The third-order valence-electron chi connectivity index (χ3n) is 2.55. The molecule has 0 saturated carbocycles. The number of carboxylic acids is 1. The SMILES string of the molecule is CC1CN(C(=O)NCC(O)C(=O)O)CC(CO)O1. The number of urea groups is 1. The molecule has 1 rings (SSSR count). The number of aliphatic carboxylic acids is 1. The third kappa shape index (κ3) is 4.13. The van der Waals surface area contributed by atoms with Gasteiger partial charge in [-0.3, -0.25) is 0 Å². The first kappa shape index (κ1) is 14.7. The number of aliphatic hydroxyl groups excluding tert-OH is 2. The fourth-order valence-electron chi connectivity index (χ4n) is 1.69. The van der Waals surface area contributed by atoms with Crippen molar-refractivity contribution in [1.82, 2.24) is 10.2 Å². The van der Waals surface area contributed by atoms with E-state index in [1.54, 1.807) is 6.92 Å². The third-order valence-corrected chi connectivity index (χ3v) is 2.55. The monoisotopic (exact) mass is 262 g/mol. The summed E-state index contributed by atoms with van der Waals surface area (Å²) in [4.78, 5) is 23.5. The zero-order valence-corrected chi connectivity index (χ0v) is 10.1. The number of morpholine rings is 1. The van der Waals surface area contributed by atoms with Crippen LogP contribution in [-0.4, -0.2) is 76.8 Å². The first-order chi connectivity index (χ1) is 8.43. The number of carbonyl (C=O) groups excluding carboxylic acids is 1. The maximum Gasteiger partial charge on any atom is 0.334 e. The van der Waals surface area contributed by atoms with Gasteiger partial charge in [0.1, 0.15) is 0 Å². The molecule has 1 aliphatic heterocycles. The van der Waals surface area contributed by atoms with Crippen LogP contribution in [0.4, 0.5) is 4.79 Å². The van der Waals surface area contributed by atoms with Gasteiger partial charge in [-0.05, 0) is 6.92 Å². The van der Waals surface area contributed by atoms with Crippen LogP contribution in [0.3, 0.4) is 0 Å².